The van der Waals surface area contributed by atoms with Gasteiger partial charge in [0, 0.05) is 17.2 Å². The van der Waals surface area contributed by atoms with Crippen molar-refractivity contribution in [1.29, 1.82) is 0 Å². The molecule has 1 amide bonds. The molecule has 1 aliphatic rings. The average molecular weight is 373 g/mol. The fourth-order valence-electron chi connectivity index (χ4n) is 2.73. The van der Waals surface area contributed by atoms with Crippen LogP contribution in [0.1, 0.15) is 37.7 Å². The lowest BCUT2D eigenvalue weighted by Gasteiger charge is -2.31. The number of carbonyl (C=O) groups excluding carboxylic acids is 1. The molecule has 2 rings (SSSR count). The summed E-state index contributed by atoms with van der Waals surface area (Å²) >= 11 is 1.59. The third-order valence-electron chi connectivity index (χ3n) is 4.10. The quantitative estimate of drug-likeness (QED) is 0.736. The van der Waals surface area contributed by atoms with Crippen molar-refractivity contribution in [2.24, 2.45) is 0 Å². The highest BCUT2D eigenvalue weighted by molar-refractivity contribution is 7.99. The van der Waals surface area contributed by atoms with E-state index in [9.17, 15) is 23.1 Å². The van der Waals surface area contributed by atoms with Crippen LogP contribution in [-0.2, 0) is 4.79 Å². The molecule has 1 saturated carbocycles. The van der Waals surface area contributed by atoms with E-state index in [4.69, 9.17) is 0 Å². The molecule has 1 fully saturated rings. The normalized spacial score (nSPS) is 17.6. The van der Waals surface area contributed by atoms with Crippen LogP contribution in [0.15, 0.2) is 35.2 Å². The Morgan fingerprint density at radius 1 is 1.28 bits per heavy atom. The van der Waals surface area contributed by atoms with Gasteiger partial charge in [0.2, 0.25) is 0 Å². The zero-order valence-corrected chi connectivity index (χ0v) is 14.6. The van der Waals surface area contributed by atoms with E-state index in [1.54, 1.807) is 23.2 Å². The molecular formula is C18H22F3NO2S. The highest BCUT2D eigenvalue weighted by Crippen LogP contribution is 2.33. The van der Waals surface area contributed by atoms with Gasteiger partial charge in [-0.2, -0.15) is 13.2 Å². The number of benzene rings is 1. The summed E-state index contributed by atoms with van der Waals surface area (Å²) in [7, 11) is 0. The molecule has 1 aromatic rings. The van der Waals surface area contributed by atoms with Gasteiger partial charge >= 0.3 is 12.1 Å². The van der Waals surface area contributed by atoms with E-state index in [0.29, 0.717) is 5.75 Å². The Morgan fingerprint density at radius 2 is 2.00 bits per heavy atom. The first-order valence-electron chi connectivity index (χ1n) is 8.25. The van der Waals surface area contributed by atoms with Crippen molar-refractivity contribution in [3.8, 4) is 0 Å². The topological polar surface area (TPSA) is 49.3 Å². The Balaban J connectivity index is 1.84. The van der Waals surface area contributed by atoms with Gasteiger partial charge in [-0.25, -0.2) is 0 Å². The first-order valence-corrected chi connectivity index (χ1v) is 9.24. The van der Waals surface area contributed by atoms with E-state index in [0.717, 1.165) is 36.1 Å². The minimum Gasteiger partial charge on any atom is -0.389 e. The number of aliphatic hydroxyl groups is 1. The van der Waals surface area contributed by atoms with Gasteiger partial charge < -0.3 is 10.4 Å². The number of hydrogen-bond donors (Lipinski definition) is 2. The molecule has 1 aromatic carbocycles. The van der Waals surface area contributed by atoms with Crippen LogP contribution in [0.3, 0.4) is 0 Å². The van der Waals surface area contributed by atoms with Crippen molar-refractivity contribution in [2.45, 2.75) is 48.8 Å². The lowest BCUT2D eigenvalue weighted by molar-refractivity contribution is -0.173. The molecule has 138 valence electrons. The highest BCUT2D eigenvalue weighted by Gasteiger charge is 2.38. The number of rotatable bonds is 6. The number of thioether (sulfide) groups is 1. The zero-order chi connectivity index (χ0) is 18.3. The van der Waals surface area contributed by atoms with E-state index >= 15 is 0 Å². The third-order valence-corrected chi connectivity index (χ3v) is 5.37. The summed E-state index contributed by atoms with van der Waals surface area (Å²) < 4.78 is 36.2. The van der Waals surface area contributed by atoms with E-state index in [-0.39, 0.29) is 6.54 Å². The molecule has 0 atom stereocenters. The SMILES string of the molecule is O=C(NCC=Cc1cccc(SCC2(O)CCCCC2)c1)C(F)(F)F. The van der Waals surface area contributed by atoms with Crippen LogP contribution in [0.2, 0.25) is 0 Å². The summed E-state index contributed by atoms with van der Waals surface area (Å²) in [6.45, 7) is -0.185. The summed E-state index contributed by atoms with van der Waals surface area (Å²) in [6, 6.07) is 7.56. The molecule has 7 heteroatoms. The lowest BCUT2D eigenvalue weighted by atomic mass is 9.86. The zero-order valence-electron chi connectivity index (χ0n) is 13.8. The molecule has 0 aliphatic heterocycles. The van der Waals surface area contributed by atoms with Crippen LogP contribution in [0.5, 0.6) is 0 Å². The van der Waals surface area contributed by atoms with Gasteiger partial charge in [0.05, 0.1) is 5.60 Å². The Hall–Kier alpha value is -1.47. The summed E-state index contributed by atoms with van der Waals surface area (Å²) in [6.07, 6.45) is 3.24. The Bertz CT molecular complexity index is 611. The second kappa shape index (κ2) is 8.76. The van der Waals surface area contributed by atoms with E-state index in [1.165, 1.54) is 12.5 Å². The Morgan fingerprint density at radius 3 is 2.68 bits per heavy atom. The van der Waals surface area contributed by atoms with Gasteiger partial charge in [0.15, 0.2) is 0 Å². The fourth-order valence-corrected chi connectivity index (χ4v) is 3.84. The fraction of sp³-hybridized carbons (Fsp3) is 0.500. The number of nitrogens with one attached hydrogen (secondary N) is 1. The van der Waals surface area contributed by atoms with Crippen LogP contribution in [-0.4, -0.2) is 35.1 Å². The van der Waals surface area contributed by atoms with Gasteiger partial charge in [-0.05, 0) is 30.5 Å². The number of amides is 1. The Labute approximate surface area is 149 Å². The molecule has 0 unspecified atom stereocenters. The minimum atomic E-state index is -4.86. The monoisotopic (exact) mass is 373 g/mol. The van der Waals surface area contributed by atoms with Gasteiger partial charge in [0.25, 0.3) is 0 Å². The largest absolute Gasteiger partial charge is 0.471 e. The van der Waals surface area contributed by atoms with Crippen molar-refractivity contribution in [2.75, 3.05) is 12.3 Å². The van der Waals surface area contributed by atoms with Crippen molar-refractivity contribution in [3.63, 3.8) is 0 Å². The number of halogens is 3. The van der Waals surface area contributed by atoms with Crippen molar-refractivity contribution >= 4 is 23.7 Å². The first-order chi connectivity index (χ1) is 11.8. The maximum absolute atomic E-state index is 12.1. The second-order valence-corrected chi connectivity index (χ2v) is 7.31. The number of carbonyl (C=O) groups is 1. The van der Waals surface area contributed by atoms with Crippen LogP contribution >= 0.6 is 11.8 Å². The van der Waals surface area contributed by atoms with Crippen LogP contribution in [0, 0.1) is 0 Å². The summed E-state index contributed by atoms with van der Waals surface area (Å²) in [5.74, 6) is -1.30. The second-order valence-electron chi connectivity index (χ2n) is 6.26. The molecule has 0 heterocycles. The van der Waals surface area contributed by atoms with Crippen LogP contribution < -0.4 is 5.32 Å². The molecule has 0 bridgehead atoms. The third kappa shape index (κ3) is 6.74. The predicted octanol–water partition coefficient (Wildman–Crippen LogP) is 4.17. The number of alkyl halides is 3. The lowest BCUT2D eigenvalue weighted by Crippen LogP contribution is -2.36. The van der Waals surface area contributed by atoms with E-state index in [1.807, 2.05) is 24.3 Å². The van der Waals surface area contributed by atoms with Crippen molar-refractivity contribution in [3.05, 3.63) is 35.9 Å². The van der Waals surface area contributed by atoms with Crippen molar-refractivity contribution < 1.29 is 23.1 Å². The molecule has 0 spiro atoms. The van der Waals surface area contributed by atoms with Gasteiger partial charge in [-0.3, -0.25) is 4.79 Å². The maximum Gasteiger partial charge on any atom is 0.471 e. The molecule has 1 aliphatic carbocycles. The summed E-state index contributed by atoms with van der Waals surface area (Å²) in [5, 5.41) is 12.3. The maximum atomic E-state index is 12.1. The standard InChI is InChI=1S/C18H22F3NO2S/c19-18(20,21)16(23)22-11-5-7-14-6-4-8-15(12-14)25-13-17(24)9-2-1-3-10-17/h4-8,12,24H,1-3,9-11,13H2,(H,22,23). The van der Waals surface area contributed by atoms with Gasteiger partial charge in [-0.1, -0.05) is 43.5 Å². The minimum absolute atomic E-state index is 0.185. The Kier molecular flexibility index (Phi) is 6.95. The smallest absolute Gasteiger partial charge is 0.389 e. The molecular weight excluding hydrogens is 351 g/mol. The van der Waals surface area contributed by atoms with Crippen LogP contribution in [0.4, 0.5) is 13.2 Å². The van der Waals surface area contributed by atoms with Gasteiger partial charge in [-0.15, -0.1) is 11.8 Å². The molecule has 0 aromatic heterocycles. The average Bonchev–Trinajstić information content (AvgIpc) is 2.57. The van der Waals surface area contributed by atoms with E-state index in [2.05, 4.69) is 0 Å². The van der Waals surface area contributed by atoms with E-state index < -0.39 is 17.7 Å². The van der Waals surface area contributed by atoms with Crippen LogP contribution in [0.25, 0.3) is 6.08 Å². The molecule has 0 saturated heterocycles. The summed E-state index contributed by atoms with van der Waals surface area (Å²) in [4.78, 5) is 11.7. The number of hydrogen-bond acceptors (Lipinski definition) is 3. The predicted molar refractivity (Wildman–Crippen MR) is 93.3 cm³/mol. The molecule has 2 N–H and O–H groups in total. The molecule has 25 heavy (non-hydrogen) atoms. The first kappa shape index (κ1) is 19.8. The highest BCUT2D eigenvalue weighted by atomic mass is 32.2. The summed E-state index contributed by atoms with van der Waals surface area (Å²) in [5.41, 5.74) is 0.235. The molecule has 3 nitrogen and oxygen atoms in total. The molecule has 0 radical (unpaired) electrons. The van der Waals surface area contributed by atoms with Gasteiger partial charge in [0.1, 0.15) is 0 Å². The van der Waals surface area contributed by atoms with Crippen molar-refractivity contribution in [1.82, 2.24) is 5.32 Å².